The van der Waals surface area contributed by atoms with Crippen LogP contribution < -0.4 is 0 Å². The van der Waals surface area contributed by atoms with Crippen LogP contribution in [-0.4, -0.2) is 6.29 Å². The van der Waals surface area contributed by atoms with Gasteiger partial charge in [0.05, 0.1) is 0 Å². The summed E-state index contributed by atoms with van der Waals surface area (Å²) in [5.74, 6) is 1.40. The van der Waals surface area contributed by atoms with Crippen LogP contribution in [-0.2, 0) is 4.79 Å². The van der Waals surface area contributed by atoms with Crippen molar-refractivity contribution in [1.29, 1.82) is 0 Å². The molecule has 0 spiro atoms. The summed E-state index contributed by atoms with van der Waals surface area (Å²) < 4.78 is 0. The normalized spacial score (nSPS) is 29.8. The Bertz CT molecular complexity index is 250. The summed E-state index contributed by atoms with van der Waals surface area (Å²) in [6.45, 7) is 2.22. The molecule has 0 saturated heterocycles. The van der Waals surface area contributed by atoms with Gasteiger partial charge >= 0.3 is 0 Å². The Labute approximate surface area is 92.9 Å². The zero-order valence-corrected chi connectivity index (χ0v) is 9.74. The highest BCUT2D eigenvalue weighted by atomic mass is 16.1. The molecule has 0 radical (unpaired) electrons. The third-order valence-electron chi connectivity index (χ3n) is 4.19. The summed E-state index contributed by atoms with van der Waals surface area (Å²) in [4.78, 5) is 10.5. The van der Waals surface area contributed by atoms with Crippen molar-refractivity contribution in [2.24, 2.45) is 17.3 Å². The average Bonchev–Trinajstić information content (AvgIpc) is 3.01. The Hall–Kier alpha value is -0.590. The zero-order chi connectivity index (χ0) is 10.7. The molecule has 0 heterocycles. The molecule has 0 aliphatic heterocycles. The monoisotopic (exact) mass is 206 g/mol. The summed E-state index contributed by atoms with van der Waals surface area (Å²) in [7, 11) is 0. The van der Waals surface area contributed by atoms with Crippen LogP contribution in [0, 0.1) is 17.3 Å². The lowest BCUT2D eigenvalue weighted by Gasteiger charge is -2.28. The summed E-state index contributed by atoms with van der Waals surface area (Å²) in [5, 5.41) is 0. The number of hydrogen-bond acceptors (Lipinski definition) is 1. The van der Waals surface area contributed by atoms with Gasteiger partial charge in [0.15, 0.2) is 0 Å². The number of aldehydes is 1. The van der Waals surface area contributed by atoms with E-state index in [1.165, 1.54) is 38.5 Å². The van der Waals surface area contributed by atoms with Gasteiger partial charge in [-0.1, -0.05) is 19.1 Å². The Balaban J connectivity index is 1.91. The van der Waals surface area contributed by atoms with Gasteiger partial charge in [0.25, 0.3) is 0 Å². The highest BCUT2D eigenvalue weighted by Crippen LogP contribution is 2.58. The van der Waals surface area contributed by atoms with E-state index in [1.54, 1.807) is 0 Å². The molecule has 2 rings (SSSR count). The highest BCUT2D eigenvalue weighted by Gasteiger charge is 2.48. The minimum Gasteiger partial charge on any atom is -0.303 e. The molecule has 15 heavy (non-hydrogen) atoms. The van der Waals surface area contributed by atoms with Gasteiger partial charge in [0, 0.05) is 6.42 Å². The van der Waals surface area contributed by atoms with Crippen molar-refractivity contribution in [3.05, 3.63) is 12.2 Å². The van der Waals surface area contributed by atoms with Gasteiger partial charge in [-0.05, 0) is 55.8 Å². The second-order valence-electron chi connectivity index (χ2n) is 5.54. The van der Waals surface area contributed by atoms with Crippen molar-refractivity contribution in [2.45, 2.75) is 51.9 Å². The second-order valence-corrected chi connectivity index (χ2v) is 5.54. The van der Waals surface area contributed by atoms with Crippen LogP contribution in [0.3, 0.4) is 0 Å². The van der Waals surface area contributed by atoms with E-state index in [4.69, 9.17) is 0 Å². The number of hydrogen-bond donors (Lipinski definition) is 0. The topological polar surface area (TPSA) is 17.1 Å². The quantitative estimate of drug-likeness (QED) is 0.494. The predicted molar refractivity (Wildman–Crippen MR) is 62.6 cm³/mol. The van der Waals surface area contributed by atoms with E-state index >= 15 is 0 Å². The lowest BCUT2D eigenvalue weighted by molar-refractivity contribution is -0.108. The maximum absolute atomic E-state index is 10.5. The second kappa shape index (κ2) is 4.51. The lowest BCUT2D eigenvalue weighted by Crippen LogP contribution is -2.19. The van der Waals surface area contributed by atoms with Crippen LogP contribution in [0.5, 0.6) is 0 Å². The standard InChI is InChI=1S/C14H22O/c1-12(7-10-15)11-14(8-9-14)13-5-3-2-4-6-13/h3,5,10,12-13H,2,4,6-9,11H2,1H3. The van der Waals surface area contributed by atoms with Gasteiger partial charge in [0.1, 0.15) is 6.29 Å². The minimum atomic E-state index is 0.584. The molecule has 2 atom stereocenters. The summed E-state index contributed by atoms with van der Waals surface area (Å²) in [6, 6.07) is 0. The van der Waals surface area contributed by atoms with Crippen molar-refractivity contribution >= 4 is 6.29 Å². The molecule has 2 aliphatic carbocycles. The fraction of sp³-hybridized carbons (Fsp3) is 0.786. The largest absolute Gasteiger partial charge is 0.303 e. The van der Waals surface area contributed by atoms with E-state index in [0.717, 1.165) is 18.6 Å². The van der Waals surface area contributed by atoms with Crippen LogP contribution >= 0.6 is 0 Å². The van der Waals surface area contributed by atoms with Gasteiger partial charge in [-0.3, -0.25) is 0 Å². The first-order valence-electron chi connectivity index (χ1n) is 6.37. The van der Waals surface area contributed by atoms with Gasteiger partial charge in [-0.15, -0.1) is 0 Å². The molecule has 2 aliphatic rings. The molecular formula is C14H22O. The third kappa shape index (κ3) is 2.50. The van der Waals surface area contributed by atoms with Gasteiger partial charge < -0.3 is 4.79 Å². The summed E-state index contributed by atoms with van der Waals surface area (Å²) >= 11 is 0. The first-order valence-corrected chi connectivity index (χ1v) is 6.37. The molecule has 0 aromatic heterocycles. The van der Waals surface area contributed by atoms with E-state index < -0.39 is 0 Å². The molecule has 1 heteroatoms. The van der Waals surface area contributed by atoms with E-state index in [2.05, 4.69) is 19.1 Å². The maximum Gasteiger partial charge on any atom is 0.120 e. The number of carbonyl (C=O) groups is 1. The summed E-state index contributed by atoms with van der Waals surface area (Å²) in [6.07, 6.45) is 14.7. The molecule has 1 nitrogen and oxygen atoms in total. The van der Waals surface area contributed by atoms with Crippen LogP contribution in [0.4, 0.5) is 0 Å². The van der Waals surface area contributed by atoms with Crippen molar-refractivity contribution in [1.82, 2.24) is 0 Å². The Morgan fingerprint density at radius 2 is 2.33 bits per heavy atom. The van der Waals surface area contributed by atoms with Gasteiger partial charge in [-0.25, -0.2) is 0 Å². The zero-order valence-electron chi connectivity index (χ0n) is 9.74. The highest BCUT2D eigenvalue weighted by molar-refractivity contribution is 5.49. The Morgan fingerprint density at radius 3 is 2.87 bits per heavy atom. The molecule has 1 saturated carbocycles. The molecule has 0 N–H and O–H groups in total. The number of rotatable bonds is 5. The Morgan fingerprint density at radius 1 is 1.53 bits per heavy atom. The average molecular weight is 206 g/mol. The molecule has 84 valence electrons. The minimum absolute atomic E-state index is 0.584. The van der Waals surface area contributed by atoms with E-state index in [1.807, 2.05) is 0 Å². The SMILES string of the molecule is CC(CC=O)CC1(C2C=CCCC2)CC1. The lowest BCUT2D eigenvalue weighted by atomic mass is 9.76. The first kappa shape index (κ1) is 10.9. The molecule has 0 bridgehead atoms. The van der Waals surface area contributed by atoms with Crippen LogP contribution in [0.2, 0.25) is 0 Å². The maximum atomic E-state index is 10.5. The molecular weight excluding hydrogens is 184 g/mol. The number of carbonyl (C=O) groups excluding carboxylic acids is 1. The van der Waals surface area contributed by atoms with Gasteiger partial charge in [-0.2, -0.15) is 0 Å². The van der Waals surface area contributed by atoms with Crippen LogP contribution in [0.25, 0.3) is 0 Å². The van der Waals surface area contributed by atoms with Crippen molar-refractivity contribution in [3.8, 4) is 0 Å². The van der Waals surface area contributed by atoms with Crippen molar-refractivity contribution in [2.75, 3.05) is 0 Å². The third-order valence-corrected chi connectivity index (χ3v) is 4.19. The molecule has 0 aromatic rings. The molecule has 0 aromatic carbocycles. The predicted octanol–water partition coefficient (Wildman–Crippen LogP) is 3.74. The summed E-state index contributed by atoms with van der Waals surface area (Å²) in [5.41, 5.74) is 0.597. The molecule has 1 fully saturated rings. The molecule has 2 unspecified atom stereocenters. The molecule has 0 amide bonds. The fourth-order valence-corrected chi connectivity index (χ4v) is 3.15. The van der Waals surface area contributed by atoms with Crippen LogP contribution in [0.1, 0.15) is 51.9 Å². The number of allylic oxidation sites excluding steroid dienone is 2. The van der Waals surface area contributed by atoms with Gasteiger partial charge in [0.2, 0.25) is 0 Å². The van der Waals surface area contributed by atoms with Crippen molar-refractivity contribution in [3.63, 3.8) is 0 Å². The first-order chi connectivity index (χ1) is 7.27. The van der Waals surface area contributed by atoms with Crippen molar-refractivity contribution < 1.29 is 4.79 Å². The fourth-order valence-electron chi connectivity index (χ4n) is 3.15. The van der Waals surface area contributed by atoms with E-state index in [9.17, 15) is 4.79 Å². The Kier molecular flexibility index (Phi) is 3.28. The van der Waals surface area contributed by atoms with E-state index in [-0.39, 0.29) is 0 Å². The van der Waals surface area contributed by atoms with E-state index in [0.29, 0.717) is 11.3 Å². The van der Waals surface area contributed by atoms with Crippen LogP contribution in [0.15, 0.2) is 12.2 Å². The smallest absolute Gasteiger partial charge is 0.120 e.